The first-order chi connectivity index (χ1) is 12.1. The number of likely N-dealkylation sites (tertiary alicyclic amines) is 1. The highest BCUT2D eigenvalue weighted by atomic mass is 32.1. The summed E-state index contributed by atoms with van der Waals surface area (Å²) in [4.78, 5) is 12.0. The Morgan fingerprint density at radius 2 is 1.60 bits per heavy atom. The molecule has 2 fully saturated rings. The monoisotopic (exact) mass is 361 g/mol. The summed E-state index contributed by atoms with van der Waals surface area (Å²) >= 11 is 5.60. The van der Waals surface area contributed by atoms with Crippen LogP contribution in [0.4, 0.5) is 5.82 Å². The third-order valence-corrected chi connectivity index (χ3v) is 5.53. The molecule has 0 spiro atoms. The Hall–Kier alpha value is -1.24. The molecule has 5 nitrogen and oxygen atoms in total. The van der Waals surface area contributed by atoms with E-state index in [9.17, 15) is 0 Å². The van der Waals surface area contributed by atoms with E-state index in [4.69, 9.17) is 12.2 Å². The van der Waals surface area contributed by atoms with E-state index in [1.165, 1.54) is 51.0 Å². The van der Waals surface area contributed by atoms with Gasteiger partial charge in [0.05, 0.1) is 0 Å². The molecule has 6 heteroatoms. The second-order valence-corrected chi connectivity index (χ2v) is 7.72. The number of piperidine rings is 1. The first kappa shape index (κ1) is 18.5. The lowest BCUT2D eigenvalue weighted by atomic mass is 10.1. The van der Waals surface area contributed by atoms with Crippen LogP contribution in [0.1, 0.15) is 30.5 Å². The Morgan fingerprint density at radius 1 is 0.960 bits per heavy atom. The van der Waals surface area contributed by atoms with Gasteiger partial charge >= 0.3 is 0 Å². The topological polar surface area (TPSA) is 34.6 Å². The van der Waals surface area contributed by atoms with Crippen molar-refractivity contribution in [1.82, 2.24) is 19.7 Å². The van der Waals surface area contributed by atoms with E-state index in [0.29, 0.717) is 0 Å². The van der Waals surface area contributed by atoms with Crippen LogP contribution in [0.5, 0.6) is 0 Å². The number of hydrogen-bond donors (Lipinski definition) is 1. The molecule has 25 heavy (non-hydrogen) atoms. The third kappa shape index (κ3) is 5.62. The van der Waals surface area contributed by atoms with Crippen LogP contribution < -0.4 is 5.32 Å². The maximum Gasteiger partial charge on any atom is 0.174 e. The first-order valence-electron chi connectivity index (χ1n) is 9.56. The second kappa shape index (κ2) is 8.92. The number of anilines is 1. The molecule has 0 bridgehead atoms. The maximum atomic E-state index is 5.60. The number of rotatable bonds is 4. The number of nitrogens with zero attached hydrogens (tertiary/aromatic N) is 4. The number of aryl methyl sites for hydroxylation is 2. The van der Waals surface area contributed by atoms with E-state index in [0.717, 1.165) is 42.8 Å². The normalized spacial score (nSPS) is 19.8. The minimum absolute atomic E-state index is 0.799. The van der Waals surface area contributed by atoms with Gasteiger partial charge in [0.15, 0.2) is 5.11 Å². The molecular weight excluding hydrogens is 330 g/mol. The molecule has 0 aliphatic carbocycles. The van der Waals surface area contributed by atoms with Crippen LogP contribution >= 0.6 is 12.2 Å². The SMILES string of the molecule is Cc1cc(C)nc(NC(=S)N2CCN(CCN3CCCCC3)CC2)c1. The van der Waals surface area contributed by atoms with Crippen molar-refractivity contribution in [3.63, 3.8) is 0 Å². The van der Waals surface area contributed by atoms with Crippen molar-refractivity contribution in [2.24, 2.45) is 0 Å². The molecule has 0 unspecified atom stereocenters. The van der Waals surface area contributed by atoms with Crippen molar-refractivity contribution in [2.75, 3.05) is 57.7 Å². The lowest BCUT2D eigenvalue weighted by Crippen LogP contribution is -2.51. The van der Waals surface area contributed by atoms with Crippen molar-refractivity contribution in [1.29, 1.82) is 0 Å². The molecule has 0 saturated carbocycles. The van der Waals surface area contributed by atoms with Crippen LogP contribution in [-0.2, 0) is 0 Å². The van der Waals surface area contributed by atoms with Crippen molar-refractivity contribution in [2.45, 2.75) is 33.1 Å². The molecule has 0 aromatic carbocycles. The Labute approximate surface area is 157 Å². The van der Waals surface area contributed by atoms with Crippen LogP contribution in [-0.4, -0.2) is 77.2 Å². The summed E-state index contributed by atoms with van der Waals surface area (Å²) in [7, 11) is 0. The van der Waals surface area contributed by atoms with Crippen molar-refractivity contribution in [3.8, 4) is 0 Å². The molecule has 3 heterocycles. The molecule has 0 atom stereocenters. The summed E-state index contributed by atoms with van der Waals surface area (Å²) in [5, 5.41) is 4.11. The zero-order valence-electron chi connectivity index (χ0n) is 15.6. The van der Waals surface area contributed by atoms with E-state index < -0.39 is 0 Å². The highest BCUT2D eigenvalue weighted by Gasteiger charge is 2.20. The van der Waals surface area contributed by atoms with E-state index in [2.05, 4.69) is 38.0 Å². The van der Waals surface area contributed by atoms with Gasteiger partial charge in [-0.1, -0.05) is 6.42 Å². The number of aromatic nitrogens is 1. The van der Waals surface area contributed by atoms with Gasteiger partial charge in [0.25, 0.3) is 0 Å². The average Bonchev–Trinajstić information content (AvgIpc) is 2.60. The summed E-state index contributed by atoms with van der Waals surface area (Å²) < 4.78 is 0. The number of nitrogens with one attached hydrogen (secondary N) is 1. The number of piperazine rings is 1. The Bertz CT molecular complexity index is 557. The molecule has 1 N–H and O–H groups in total. The molecule has 0 radical (unpaired) electrons. The molecule has 2 saturated heterocycles. The second-order valence-electron chi connectivity index (χ2n) is 7.33. The molecule has 0 amide bonds. The lowest BCUT2D eigenvalue weighted by molar-refractivity contribution is 0.146. The van der Waals surface area contributed by atoms with E-state index >= 15 is 0 Å². The van der Waals surface area contributed by atoms with Crippen molar-refractivity contribution < 1.29 is 0 Å². The Balaban J connectivity index is 1.41. The van der Waals surface area contributed by atoms with Gasteiger partial charge in [-0.15, -0.1) is 0 Å². The molecular formula is C19H31N5S. The maximum absolute atomic E-state index is 5.60. The smallest absolute Gasteiger partial charge is 0.174 e. The number of pyridine rings is 1. The summed E-state index contributed by atoms with van der Waals surface area (Å²) in [5.74, 6) is 0.857. The molecule has 2 aliphatic rings. The predicted molar refractivity (Wildman–Crippen MR) is 108 cm³/mol. The minimum atomic E-state index is 0.799. The average molecular weight is 362 g/mol. The summed E-state index contributed by atoms with van der Waals surface area (Å²) in [6, 6.07) is 4.13. The molecule has 2 aliphatic heterocycles. The van der Waals surface area contributed by atoms with Gasteiger partial charge in [-0.25, -0.2) is 4.98 Å². The predicted octanol–water partition coefficient (Wildman–Crippen LogP) is 2.50. The Morgan fingerprint density at radius 3 is 2.24 bits per heavy atom. The van der Waals surface area contributed by atoms with Gasteiger partial charge in [-0.3, -0.25) is 4.90 Å². The van der Waals surface area contributed by atoms with Gasteiger partial charge in [0, 0.05) is 45.0 Å². The zero-order chi connectivity index (χ0) is 17.6. The summed E-state index contributed by atoms with van der Waals surface area (Å²) in [6.07, 6.45) is 4.16. The van der Waals surface area contributed by atoms with Crippen molar-refractivity contribution >= 4 is 23.1 Å². The zero-order valence-corrected chi connectivity index (χ0v) is 16.4. The molecule has 1 aromatic rings. The number of thiocarbonyl (C=S) groups is 1. The van der Waals surface area contributed by atoms with Crippen LogP contribution in [0.3, 0.4) is 0 Å². The van der Waals surface area contributed by atoms with E-state index in [1.54, 1.807) is 0 Å². The fourth-order valence-electron chi connectivity index (χ4n) is 3.73. The summed E-state index contributed by atoms with van der Waals surface area (Å²) in [6.45, 7) is 13.3. The fourth-order valence-corrected chi connectivity index (χ4v) is 4.02. The van der Waals surface area contributed by atoms with Gasteiger partial charge in [-0.05, 0) is 69.7 Å². The van der Waals surface area contributed by atoms with Gasteiger partial charge < -0.3 is 15.1 Å². The first-order valence-corrected chi connectivity index (χ1v) is 9.97. The van der Waals surface area contributed by atoms with Gasteiger partial charge in [-0.2, -0.15) is 0 Å². The largest absolute Gasteiger partial charge is 0.346 e. The van der Waals surface area contributed by atoms with Crippen LogP contribution in [0.15, 0.2) is 12.1 Å². The highest BCUT2D eigenvalue weighted by Crippen LogP contribution is 2.12. The summed E-state index contributed by atoms with van der Waals surface area (Å²) in [5.41, 5.74) is 2.23. The standard InChI is InChI=1S/C19H31N5S/c1-16-14-17(2)20-18(15-16)21-19(25)24-12-10-23(11-13-24)9-8-22-6-4-3-5-7-22/h14-15H,3-13H2,1-2H3,(H,20,21,25). The third-order valence-electron chi connectivity index (χ3n) is 5.17. The van der Waals surface area contributed by atoms with E-state index in [-0.39, 0.29) is 0 Å². The van der Waals surface area contributed by atoms with E-state index in [1.807, 2.05) is 13.0 Å². The van der Waals surface area contributed by atoms with Crippen LogP contribution in [0, 0.1) is 13.8 Å². The molecule has 3 rings (SSSR count). The lowest BCUT2D eigenvalue weighted by Gasteiger charge is -2.37. The quantitative estimate of drug-likeness (QED) is 0.830. The van der Waals surface area contributed by atoms with Crippen LogP contribution in [0.25, 0.3) is 0 Å². The van der Waals surface area contributed by atoms with Gasteiger partial charge in [0.2, 0.25) is 0 Å². The number of hydrogen-bond acceptors (Lipinski definition) is 4. The minimum Gasteiger partial charge on any atom is -0.346 e. The van der Waals surface area contributed by atoms with Crippen LogP contribution in [0.2, 0.25) is 0 Å². The molecule has 138 valence electrons. The van der Waals surface area contributed by atoms with Gasteiger partial charge in [0.1, 0.15) is 5.82 Å². The Kier molecular flexibility index (Phi) is 6.62. The molecule has 1 aromatic heterocycles. The van der Waals surface area contributed by atoms with Crippen molar-refractivity contribution in [3.05, 3.63) is 23.4 Å². The highest BCUT2D eigenvalue weighted by molar-refractivity contribution is 7.80. The fraction of sp³-hybridized carbons (Fsp3) is 0.684.